The molecular weight excluding hydrogens is 268 g/mol. The number of nitrogens with one attached hydrogen (secondary N) is 1. The molecule has 1 aromatic rings. The molecular formula is C13H15ClN2O3. The molecule has 1 atom stereocenters. The summed E-state index contributed by atoms with van der Waals surface area (Å²) in [7, 11) is 0. The van der Waals surface area contributed by atoms with Crippen LogP contribution in [0.2, 0.25) is 5.02 Å². The highest BCUT2D eigenvalue weighted by Gasteiger charge is 2.36. The minimum Gasteiger partial charge on any atom is -0.450 e. The summed E-state index contributed by atoms with van der Waals surface area (Å²) in [5.41, 5.74) is 0.606. The second-order valence-corrected chi connectivity index (χ2v) is 4.51. The van der Waals surface area contributed by atoms with Gasteiger partial charge in [-0.2, -0.15) is 0 Å². The number of ether oxygens (including phenoxy) is 1. The molecule has 0 radical (unpaired) electrons. The molecule has 1 aliphatic rings. The largest absolute Gasteiger partial charge is 0.450 e. The molecule has 0 aliphatic carbocycles. The summed E-state index contributed by atoms with van der Waals surface area (Å²) in [5, 5.41) is 3.20. The van der Waals surface area contributed by atoms with Gasteiger partial charge in [0.25, 0.3) is 0 Å². The average molecular weight is 283 g/mol. The van der Waals surface area contributed by atoms with Gasteiger partial charge in [0, 0.05) is 23.7 Å². The number of carbonyl (C=O) groups is 2. The van der Waals surface area contributed by atoms with Crippen LogP contribution < -0.4 is 5.32 Å². The number of hydrogen-bond donors (Lipinski definition) is 1. The van der Waals surface area contributed by atoms with Crippen molar-refractivity contribution in [1.82, 2.24) is 10.2 Å². The topological polar surface area (TPSA) is 58.6 Å². The lowest BCUT2D eigenvalue weighted by Crippen LogP contribution is -2.52. The van der Waals surface area contributed by atoms with Gasteiger partial charge in [0.15, 0.2) is 0 Å². The van der Waals surface area contributed by atoms with Crippen LogP contribution in [0.4, 0.5) is 4.79 Å². The van der Waals surface area contributed by atoms with Crippen LogP contribution in [0.1, 0.15) is 18.5 Å². The van der Waals surface area contributed by atoms with E-state index in [0.29, 0.717) is 23.7 Å². The van der Waals surface area contributed by atoms with E-state index in [9.17, 15) is 9.59 Å². The van der Waals surface area contributed by atoms with Gasteiger partial charge in [0.05, 0.1) is 6.61 Å². The first kappa shape index (κ1) is 13.7. The highest BCUT2D eigenvalue weighted by Crippen LogP contribution is 2.29. The first-order valence-electron chi connectivity index (χ1n) is 6.10. The van der Waals surface area contributed by atoms with Crippen molar-refractivity contribution >= 4 is 23.6 Å². The van der Waals surface area contributed by atoms with Crippen molar-refractivity contribution in [3.63, 3.8) is 0 Å². The van der Waals surface area contributed by atoms with E-state index in [0.717, 1.165) is 0 Å². The van der Waals surface area contributed by atoms with E-state index in [2.05, 4.69) is 5.32 Å². The van der Waals surface area contributed by atoms with Crippen molar-refractivity contribution in [1.29, 1.82) is 0 Å². The van der Waals surface area contributed by atoms with Gasteiger partial charge in [-0.1, -0.05) is 29.8 Å². The van der Waals surface area contributed by atoms with Gasteiger partial charge in [-0.15, -0.1) is 0 Å². The highest BCUT2D eigenvalue weighted by molar-refractivity contribution is 6.31. The predicted octanol–water partition coefficient (Wildman–Crippen LogP) is 1.97. The zero-order valence-corrected chi connectivity index (χ0v) is 11.3. The maximum Gasteiger partial charge on any atom is 0.410 e. The summed E-state index contributed by atoms with van der Waals surface area (Å²) in [6.07, 6.45) is -0.498. The zero-order valence-electron chi connectivity index (χ0n) is 10.6. The van der Waals surface area contributed by atoms with E-state index >= 15 is 0 Å². The number of rotatable bonds is 2. The van der Waals surface area contributed by atoms with Crippen LogP contribution >= 0.6 is 11.6 Å². The maximum atomic E-state index is 12.0. The summed E-state index contributed by atoms with van der Waals surface area (Å²) in [6.45, 7) is 2.82. The number of halogens is 1. The smallest absolute Gasteiger partial charge is 0.410 e. The SMILES string of the molecule is CCOC(=O)N1CCNC(=O)C1c1ccccc1Cl. The Morgan fingerprint density at radius 3 is 2.95 bits per heavy atom. The molecule has 5 nitrogen and oxygen atoms in total. The molecule has 1 N–H and O–H groups in total. The summed E-state index contributed by atoms with van der Waals surface area (Å²) < 4.78 is 4.99. The van der Waals surface area contributed by atoms with Gasteiger partial charge in [-0.05, 0) is 13.0 Å². The van der Waals surface area contributed by atoms with Gasteiger partial charge in [0.1, 0.15) is 6.04 Å². The molecule has 0 bridgehead atoms. The second kappa shape index (κ2) is 5.93. The maximum absolute atomic E-state index is 12.0. The van der Waals surface area contributed by atoms with Gasteiger partial charge >= 0.3 is 6.09 Å². The number of hydrogen-bond acceptors (Lipinski definition) is 3. The lowest BCUT2D eigenvalue weighted by Gasteiger charge is -2.34. The van der Waals surface area contributed by atoms with E-state index in [4.69, 9.17) is 16.3 Å². The molecule has 1 aliphatic heterocycles. The van der Waals surface area contributed by atoms with Crippen LogP contribution in [-0.4, -0.2) is 36.6 Å². The molecule has 0 aromatic heterocycles. The Hall–Kier alpha value is -1.75. The van der Waals surface area contributed by atoms with Crippen LogP contribution in [0, 0.1) is 0 Å². The quantitative estimate of drug-likeness (QED) is 0.902. The first-order valence-corrected chi connectivity index (χ1v) is 6.48. The standard InChI is InChI=1S/C13H15ClN2O3/c1-2-19-13(18)16-8-7-15-12(17)11(16)9-5-3-4-6-10(9)14/h3-6,11H,2,7-8H2,1H3,(H,15,17). The van der Waals surface area contributed by atoms with Crippen LogP contribution in [0.3, 0.4) is 0 Å². The molecule has 2 rings (SSSR count). The van der Waals surface area contributed by atoms with E-state index in [-0.39, 0.29) is 12.5 Å². The third kappa shape index (κ3) is 2.81. The number of nitrogens with zero attached hydrogens (tertiary/aromatic N) is 1. The highest BCUT2D eigenvalue weighted by atomic mass is 35.5. The summed E-state index contributed by atoms with van der Waals surface area (Å²) >= 11 is 6.11. The normalized spacial score (nSPS) is 18.9. The Balaban J connectivity index is 2.34. The molecule has 0 spiro atoms. The van der Waals surface area contributed by atoms with Crippen LogP contribution in [0.15, 0.2) is 24.3 Å². The fourth-order valence-electron chi connectivity index (χ4n) is 2.08. The Labute approximate surface area is 116 Å². The Morgan fingerprint density at radius 1 is 1.53 bits per heavy atom. The van der Waals surface area contributed by atoms with Crippen LogP contribution in [0.5, 0.6) is 0 Å². The van der Waals surface area contributed by atoms with E-state index in [1.54, 1.807) is 31.2 Å². The monoisotopic (exact) mass is 282 g/mol. The molecule has 1 heterocycles. The molecule has 0 saturated carbocycles. The third-order valence-electron chi connectivity index (χ3n) is 2.91. The zero-order chi connectivity index (χ0) is 13.8. The lowest BCUT2D eigenvalue weighted by atomic mass is 10.0. The minimum atomic E-state index is -0.735. The number of amides is 2. The fourth-order valence-corrected chi connectivity index (χ4v) is 2.32. The molecule has 19 heavy (non-hydrogen) atoms. The Kier molecular flexibility index (Phi) is 4.27. The lowest BCUT2D eigenvalue weighted by molar-refractivity contribution is -0.128. The number of piperazine rings is 1. The molecule has 2 amide bonds. The van der Waals surface area contributed by atoms with Crippen molar-refractivity contribution in [2.24, 2.45) is 0 Å². The van der Waals surface area contributed by atoms with E-state index in [1.807, 2.05) is 0 Å². The van der Waals surface area contributed by atoms with Crippen LogP contribution in [-0.2, 0) is 9.53 Å². The van der Waals surface area contributed by atoms with Gasteiger partial charge < -0.3 is 10.1 Å². The summed E-state index contributed by atoms with van der Waals surface area (Å²) in [4.78, 5) is 25.4. The Morgan fingerprint density at radius 2 is 2.26 bits per heavy atom. The van der Waals surface area contributed by atoms with E-state index < -0.39 is 12.1 Å². The van der Waals surface area contributed by atoms with Crippen molar-refractivity contribution in [2.45, 2.75) is 13.0 Å². The van der Waals surface area contributed by atoms with Crippen molar-refractivity contribution in [3.8, 4) is 0 Å². The average Bonchev–Trinajstić information content (AvgIpc) is 2.40. The van der Waals surface area contributed by atoms with Gasteiger partial charge in [-0.3, -0.25) is 9.69 Å². The van der Waals surface area contributed by atoms with Crippen molar-refractivity contribution in [3.05, 3.63) is 34.9 Å². The molecule has 1 aromatic carbocycles. The minimum absolute atomic E-state index is 0.243. The molecule has 1 unspecified atom stereocenters. The number of benzene rings is 1. The van der Waals surface area contributed by atoms with Gasteiger partial charge in [-0.25, -0.2) is 4.79 Å². The predicted molar refractivity (Wildman–Crippen MR) is 70.9 cm³/mol. The Bertz CT molecular complexity index is 493. The number of carbonyl (C=O) groups excluding carboxylic acids is 2. The fraction of sp³-hybridized carbons (Fsp3) is 0.385. The van der Waals surface area contributed by atoms with E-state index in [1.165, 1.54) is 4.90 Å². The summed E-state index contributed by atoms with van der Waals surface area (Å²) in [5.74, 6) is -0.243. The van der Waals surface area contributed by atoms with Crippen molar-refractivity contribution < 1.29 is 14.3 Å². The van der Waals surface area contributed by atoms with Gasteiger partial charge in [0.2, 0.25) is 5.91 Å². The molecule has 1 saturated heterocycles. The molecule has 1 fully saturated rings. The van der Waals surface area contributed by atoms with Crippen LogP contribution in [0.25, 0.3) is 0 Å². The third-order valence-corrected chi connectivity index (χ3v) is 3.26. The first-order chi connectivity index (χ1) is 9.15. The molecule has 6 heteroatoms. The van der Waals surface area contributed by atoms with Crippen molar-refractivity contribution in [2.75, 3.05) is 19.7 Å². The molecule has 102 valence electrons. The second-order valence-electron chi connectivity index (χ2n) is 4.11. The summed E-state index contributed by atoms with van der Waals surface area (Å²) in [6, 6.07) is 6.27.